The second-order valence-electron chi connectivity index (χ2n) is 10.5. The highest BCUT2D eigenvalue weighted by Crippen LogP contribution is 2.30. The molecule has 2 aromatic rings. The minimum absolute atomic E-state index is 0.0150. The number of aliphatic hydroxyl groups excluding tert-OH is 1. The van der Waals surface area contributed by atoms with Crippen molar-refractivity contribution in [2.45, 2.75) is 44.6 Å². The monoisotopic (exact) mass is 541 g/mol. The quantitative estimate of drug-likeness (QED) is 0.538. The Balaban J connectivity index is 1.27. The van der Waals surface area contributed by atoms with Crippen molar-refractivity contribution in [3.63, 3.8) is 0 Å². The normalized spacial score (nSPS) is 25.4. The summed E-state index contributed by atoms with van der Waals surface area (Å²) in [6.45, 7) is 7.69. The number of likely N-dealkylation sites (N-methyl/N-ethyl adjacent to an activating group) is 1. The molecule has 3 aliphatic rings. The Labute approximate surface area is 226 Å². The Bertz CT molecular complexity index is 1180. The molecule has 0 saturated carbocycles. The molecule has 3 saturated heterocycles. The average molecular weight is 542 g/mol. The minimum Gasteiger partial charge on any atom is -0.388 e. The van der Waals surface area contributed by atoms with Crippen LogP contribution >= 0.6 is 11.3 Å². The zero-order valence-corrected chi connectivity index (χ0v) is 22.8. The highest BCUT2D eigenvalue weighted by Gasteiger charge is 2.53. The second kappa shape index (κ2) is 11.1. The Hall–Kier alpha value is -2.86. The molecule has 4 heterocycles. The summed E-state index contributed by atoms with van der Waals surface area (Å²) >= 11 is 1.62. The van der Waals surface area contributed by atoms with Gasteiger partial charge in [0.05, 0.1) is 12.2 Å². The predicted octanol–water partition coefficient (Wildman–Crippen LogP) is 1.25. The number of benzene rings is 1. The van der Waals surface area contributed by atoms with Gasteiger partial charge in [0.1, 0.15) is 30.9 Å². The number of thiazole rings is 1. The summed E-state index contributed by atoms with van der Waals surface area (Å²) in [6.07, 6.45) is -0.960. The summed E-state index contributed by atoms with van der Waals surface area (Å²) in [6, 6.07) is 5.59. The van der Waals surface area contributed by atoms with Crippen molar-refractivity contribution < 1.29 is 24.2 Å². The summed E-state index contributed by atoms with van der Waals surface area (Å²) in [5.41, 5.74) is 2.22. The maximum Gasteiger partial charge on any atom is 0.251 e. The van der Waals surface area contributed by atoms with Gasteiger partial charge in [0, 0.05) is 42.7 Å². The number of nitrogens with one attached hydrogen (secondary N) is 1. The highest BCUT2D eigenvalue weighted by molar-refractivity contribution is 7.14. The summed E-state index contributed by atoms with van der Waals surface area (Å²) in [5, 5.41) is 16.2. The van der Waals surface area contributed by atoms with Crippen LogP contribution in [-0.4, -0.2) is 108 Å². The van der Waals surface area contributed by atoms with Crippen LogP contribution in [0.3, 0.4) is 0 Å². The van der Waals surface area contributed by atoms with Crippen LogP contribution in [0.2, 0.25) is 0 Å². The lowest BCUT2D eigenvalue weighted by Gasteiger charge is -2.32. The number of fused-ring (bicyclic) bond motifs is 1. The molecule has 204 valence electrons. The van der Waals surface area contributed by atoms with Crippen LogP contribution in [-0.2, 0) is 14.3 Å². The van der Waals surface area contributed by atoms with E-state index in [-0.39, 0.29) is 36.7 Å². The standard InChI is InChI=1S/C27H35N5O5S/c1-4-16(2)22(26(36)32-13-20(33)24-23(32)21(34)14-37-24)29-25(35)18-7-5-17(6-8-18)19-15-38-27(28-19)31-11-9-30(3)10-12-31/h5-8,15-16,20,22-24,33H,4,9-14H2,1-3H3,(H,29,35)/t16-,20+,22-,23+,24-/m0/s1. The fraction of sp³-hybridized carbons (Fsp3) is 0.556. The molecular weight excluding hydrogens is 506 g/mol. The Morgan fingerprint density at radius 3 is 2.61 bits per heavy atom. The number of amides is 2. The molecule has 0 unspecified atom stereocenters. The molecular formula is C27H35N5O5S. The predicted molar refractivity (Wildman–Crippen MR) is 144 cm³/mol. The number of aromatic nitrogens is 1. The first-order valence-corrected chi connectivity index (χ1v) is 14.1. The number of Topliss-reactive ketones (excluding diaryl/α,β-unsaturated/α-hetero) is 1. The van der Waals surface area contributed by atoms with Crippen molar-refractivity contribution in [2.24, 2.45) is 5.92 Å². The zero-order chi connectivity index (χ0) is 27.0. The number of piperazine rings is 1. The molecule has 5 rings (SSSR count). The van der Waals surface area contributed by atoms with Gasteiger partial charge in [-0.15, -0.1) is 11.3 Å². The number of rotatable bonds is 7. The number of hydrogen-bond donors (Lipinski definition) is 2. The lowest BCUT2D eigenvalue weighted by Crippen LogP contribution is -2.54. The largest absolute Gasteiger partial charge is 0.388 e. The van der Waals surface area contributed by atoms with E-state index in [1.807, 2.05) is 31.4 Å². The first-order valence-electron chi connectivity index (χ1n) is 13.2. The molecule has 11 heteroatoms. The van der Waals surface area contributed by atoms with Gasteiger partial charge in [-0.05, 0) is 25.1 Å². The maximum atomic E-state index is 13.5. The average Bonchev–Trinajstić information content (AvgIpc) is 3.65. The number of nitrogens with zero attached hydrogens (tertiary/aromatic N) is 4. The van der Waals surface area contributed by atoms with E-state index in [9.17, 15) is 19.5 Å². The summed E-state index contributed by atoms with van der Waals surface area (Å²) in [5.74, 6) is -1.12. The molecule has 0 bridgehead atoms. The van der Waals surface area contributed by atoms with E-state index in [0.29, 0.717) is 12.0 Å². The fourth-order valence-corrected chi connectivity index (χ4v) is 6.16. The third-order valence-electron chi connectivity index (χ3n) is 7.92. The van der Waals surface area contributed by atoms with Gasteiger partial charge >= 0.3 is 0 Å². The number of β-amino-alcohol motifs (C(OH)–C–C–N with tert-alkyl or cyclic N) is 1. The molecule has 1 aromatic carbocycles. The van der Waals surface area contributed by atoms with Crippen molar-refractivity contribution >= 4 is 34.1 Å². The zero-order valence-electron chi connectivity index (χ0n) is 22.0. The molecule has 3 fully saturated rings. The third kappa shape index (κ3) is 5.20. The van der Waals surface area contributed by atoms with Gasteiger partial charge < -0.3 is 29.9 Å². The summed E-state index contributed by atoms with van der Waals surface area (Å²) < 4.78 is 5.40. The third-order valence-corrected chi connectivity index (χ3v) is 8.82. The van der Waals surface area contributed by atoms with E-state index in [1.165, 1.54) is 4.90 Å². The molecule has 5 atom stereocenters. The lowest BCUT2D eigenvalue weighted by atomic mass is 9.96. The topological polar surface area (TPSA) is 115 Å². The Morgan fingerprint density at radius 1 is 1.21 bits per heavy atom. The van der Waals surface area contributed by atoms with E-state index in [4.69, 9.17) is 9.72 Å². The molecule has 0 spiro atoms. The van der Waals surface area contributed by atoms with Crippen molar-refractivity contribution in [1.29, 1.82) is 0 Å². The number of carbonyl (C=O) groups is 3. The minimum atomic E-state index is -0.918. The van der Waals surface area contributed by atoms with E-state index < -0.39 is 24.3 Å². The van der Waals surface area contributed by atoms with Gasteiger partial charge in [0.25, 0.3) is 5.91 Å². The van der Waals surface area contributed by atoms with Crippen LogP contribution in [0, 0.1) is 5.92 Å². The highest BCUT2D eigenvalue weighted by atomic mass is 32.1. The number of carbonyl (C=O) groups excluding carboxylic acids is 3. The van der Waals surface area contributed by atoms with Crippen LogP contribution in [0.5, 0.6) is 0 Å². The fourth-order valence-electron chi connectivity index (χ4n) is 5.28. The number of anilines is 1. The first-order chi connectivity index (χ1) is 18.3. The molecule has 0 aliphatic carbocycles. The molecule has 2 N–H and O–H groups in total. The van der Waals surface area contributed by atoms with Gasteiger partial charge in [-0.3, -0.25) is 14.4 Å². The van der Waals surface area contributed by atoms with E-state index in [2.05, 4.69) is 22.2 Å². The molecule has 1 aromatic heterocycles. The number of ketones is 1. The smallest absolute Gasteiger partial charge is 0.251 e. The number of aliphatic hydroxyl groups is 1. The van der Waals surface area contributed by atoms with Crippen molar-refractivity contribution in [3.8, 4) is 11.3 Å². The van der Waals surface area contributed by atoms with Gasteiger partial charge in [-0.1, -0.05) is 32.4 Å². The van der Waals surface area contributed by atoms with Gasteiger partial charge in [-0.25, -0.2) is 4.98 Å². The molecule has 3 aliphatic heterocycles. The van der Waals surface area contributed by atoms with Crippen molar-refractivity contribution in [2.75, 3.05) is 51.3 Å². The van der Waals surface area contributed by atoms with E-state index in [0.717, 1.165) is 42.6 Å². The van der Waals surface area contributed by atoms with Gasteiger partial charge in [-0.2, -0.15) is 0 Å². The van der Waals surface area contributed by atoms with Crippen LogP contribution in [0.1, 0.15) is 30.6 Å². The summed E-state index contributed by atoms with van der Waals surface area (Å²) in [4.78, 5) is 49.9. The number of ether oxygens (including phenoxy) is 1. The first kappa shape index (κ1) is 26.7. The lowest BCUT2D eigenvalue weighted by molar-refractivity contribution is -0.139. The van der Waals surface area contributed by atoms with Crippen LogP contribution in [0.15, 0.2) is 29.6 Å². The SMILES string of the molecule is CC[C@H](C)[C@H](NC(=O)c1ccc(-c2csc(N3CCN(C)CC3)n2)cc1)C(=O)N1C[C@@H](O)[C@@H]2OCC(=O)[C@H]21. The van der Waals surface area contributed by atoms with E-state index >= 15 is 0 Å². The molecule has 38 heavy (non-hydrogen) atoms. The maximum absolute atomic E-state index is 13.5. The molecule has 0 radical (unpaired) electrons. The van der Waals surface area contributed by atoms with E-state index in [1.54, 1.807) is 23.5 Å². The van der Waals surface area contributed by atoms with Gasteiger partial charge in [0.15, 0.2) is 10.9 Å². The summed E-state index contributed by atoms with van der Waals surface area (Å²) in [7, 11) is 2.13. The van der Waals surface area contributed by atoms with Gasteiger partial charge in [0.2, 0.25) is 5.91 Å². The number of hydrogen-bond acceptors (Lipinski definition) is 9. The number of likely N-dealkylation sites (tertiary alicyclic amines) is 1. The van der Waals surface area contributed by atoms with Crippen LogP contribution in [0.4, 0.5) is 5.13 Å². The Morgan fingerprint density at radius 2 is 1.92 bits per heavy atom. The molecule has 10 nitrogen and oxygen atoms in total. The second-order valence-corrected chi connectivity index (χ2v) is 11.3. The van der Waals surface area contributed by atoms with Crippen LogP contribution in [0.25, 0.3) is 11.3 Å². The molecule has 2 amide bonds. The Kier molecular flexibility index (Phi) is 7.80. The van der Waals surface area contributed by atoms with Crippen molar-refractivity contribution in [3.05, 3.63) is 35.2 Å². The van der Waals surface area contributed by atoms with Crippen LogP contribution < -0.4 is 10.2 Å². The van der Waals surface area contributed by atoms with Crippen molar-refractivity contribution in [1.82, 2.24) is 20.1 Å².